The van der Waals surface area contributed by atoms with Gasteiger partial charge in [0, 0.05) is 5.56 Å². The molecule has 1 aromatic rings. The number of carbonyl (C=O) groups excluding carboxylic acids is 1. The van der Waals surface area contributed by atoms with Gasteiger partial charge < -0.3 is 0 Å². The zero-order chi connectivity index (χ0) is 10.9. The Bertz CT molecular complexity index is 371. The number of carbonyl (C=O) groups is 1. The standard InChI is InChI=1S/C9H7F3OS/c1-5-6(8(13)14)3-2-4-7(5)9(10,11)12/h2-4H,1H3,(H,13,14). The smallest absolute Gasteiger partial charge is 0.282 e. The van der Waals surface area contributed by atoms with Crippen molar-refractivity contribution in [2.75, 3.05) is 0 Å². The molecule has 1 rings (SSSR count). The largest absolute Gasteiger partial charge is 0.416 e. The molecule has 0 amide bonds. The van der Waals surface area contributed by atoms with Crippen LogP contribution >= 0.6 is 12.6 Å². The highest BCUT2D eigenvalue weighted by Gasteiger charge is 2.33. The van der Waals surface area contributed by atoms with E-state index in [4.69, 9.17) is 0 Å². The van der Waals surface area contributed by atoms with Crippen molar-refractivity contribution >= 4 is 17.7 Å². The van der Waals surface area contributed by atoms with Crippen LogP contribution < -0.4 is 0 Å². The van der Waals surface area contributed by atoms with Crippen LogP contribution in [0.5, 0.6) is 0 Å². The number of hydrogen-bond acceptors (Lipinski definition) is 1. The van der Waals surface area contributed by atoms with E-state index < -0.39 is 16.9 Å². The van der Waals surface area contributed by atoms with E-state index in [-0.39, 0.29) is 11.1 Å². The molecule has 76 valence electrons. The number of benzene rings is 1. The first-order chi connectivity index (χ1) is 6.34. The Hall–Kier alpha value is -0.970. The average molecular weight is 220 g/mol. The molecule has 0 bridgehead atoms. The van der Waals surface area contributed by atoms with Crippen LogP contribution in [0.3, 0.4) is 0 Å². The van der Waals surface area contributed by atoms with Crippen molar-refractivity contribution in [3.05, 3.63) is 34.9 Å². The van der Waals surface area contributed by atoms with Crippen LogP contribution in [0.25, 0.3) is 0 Å². The molecular weight excluding hydrogens is 213 g/mol. The lowest BCUT2D eigenvalue weighted by molar-refractivity contribution is -0.138. The maximum atomic E-state index is 12.4. The van der Waals surface area contributed by atoms with Gasteiger partial charge >= 0.3 is 6.18 Å². The lowest BCUT2D eigenvalue weighted by Crippen LogP contribution is -2.09. The lowest BCUT2D eigenvalue weighted by atomic mass is 10.0. The molecule has 0 radical (unpaired) electrons. The second-order valence-electron chi connectivity index (χ2n) is 2.78. The minimum absolute atomic E-state index is 0.0110. The Morgan fingerprint density at radius 3 is 2.36 bits per heavy atom. The average Bonchev–Trinajstić information content (AvgIpc) is 2.01. The second kappa shape index (κ2) is 3.65. The van der Waals surface area contributed by atoms with Gasteiger partial charge in [-0.15, -0.1) is 12.6 Å². The highest BCUT2D eigenvalue weighted by Crippen LogP contribution is 2.33. The summed E-state index contributed by atoms with van der Waals surface area (Å²) in [4.78, 5) is 10.8. The summed E-state index contributed by atoms with van der Waals surface area (Å²) < 4.78 is 37.1. The Balaban J connectivity index is 3.35. The maximum Gasteiger partial charge on any atom is 0.416 e. The van der Waals surface area contributed by atoms with Crippen LogP contribution in [0.4, 0.5) is 13.2 Å². The van der Waals surface area contributed by atoms with E-state index in [0.717, 1.165) is 6.07 Å². The van der Waals surface area contributed by atoms with E-state index in [1.165, 1.54) is 19.1 Å². The topological polar surface area (TPSA) is 17.1 Å². The summed E-state index contributed by atoms with van der Waals surface area (Å²) in [5.41, 5.74) is -0.888. The molecule has 0 aliphatic carbocycles. The molecule has 0 heterocycles. The quantitative estimate of drug-likeness (QED) is 0.720. The van der Waals surface area contributed by atoms with Crippen molar-refractivity contribution < 1.29 is 18.0 Å². The zero-order valence-electron chi connectivity index (χ0n) is 7.22. The van der Waals surface area contributed by atoms with Gasteiger partial charge in [-0.2, -0.15) is 13.2 Å². The third kappa shape index (κ3) is 2.09. The first kappa shape index (κ1) is 11.1. The van der Waals surface area contributed by atoms with Gasteiger partial charge in [0.15, 0.2) is 0 Å². The molecule has 0 spiro atoms. The van der Waals surface area contributed by atoms with Crippen LogP contribution in [0.15, 0.2) is 18.2 Å². The van der Waals surface area contributed by atoms with Gasteiger partial charge in [-0.05, 0) is 18.6 Å². The molecule has 1 nitrogen and oxygen atoms in total. The lowest BCUT2D eigenvalue weighted by Gasteiger charge is -2.11. The van der Waals surface area contributed by atoms with Gasteiger partial charge in [-0.25, -0.2) is 0 Å². The molecule has 0 saturated heterocycles. The first-order valence-electron chi connectivity index (χ1n) is 3.74. The van der Waals surface area contributed by atoms with Crippen molar-refractivity contribution in [1.29, 1.82) is 0 Å². The minimum atomic E-state index is -4.43. The highest BCUT2D eigenvalue weighted by molar-refractivity contribution is 7.97. The van der Waals surface area contributed by atoms with Crippen molar-refractivity contribution in [2.45, 2.75) is 13.1 Å². The second-order valence-corrected chi connectivity index (χ2v) is 3.19. The van der Waals surface area contributed by atoms with E-state index in [2.05, 4.69) is 12.6 Å². The number of alkyl halides is 3. The third-order valence-electron chi connectivity index (χ3n) is 1.87. The highest BCUT2D eigenvalue weighted by atomic mass is 32.1. The molecule has 0 unspecified atom stereocenters. The van der Waals surface area contributed by atoms with E-state index >= 15 is 0 Å². The summed E-state index contributed by atoms with van der Waals surface area (Å²) in [6.07, 6.45) is -4.43. The van der Waals surface area contributed by atoms with Crippen LogP contribution in [-0.4, -0.2) is 5.12 Å². The maximum absolute atomic E-state index is 12.4. The van der Waals surface area contributed by atoms with Crippen LogP contribution in [0, 0.1) is 6.92 Å². The summed E-state index contributed by atoms with van der Waals surface area (Å²) in [5.74, 6) is 0. The summed E-state index contributed by atoms with van der Waals surface area (Å²) in [6, 6.07) is 3.45. The van der Waals surface area contributed by atoms with Crippen molar-refractivity contribution in [3.8, 4) is 0 Å². The number of hydrogen-bond donors (Lipinski definition) is 1. The zero-order valence-corrected chi connectivity index (χ0v) is 8.12. The van der Waals surface area contributed by atoms with Gasteiger partial charge in [0.05, 0.1) is 5.56 Å². The van der Waals surface area contributed by atoms with Gasteiger partial charge in [0.25, 0.3) is 0 Å². The molecule has 1 aromatic carbocycles. The molecule has 0 atom stereocenters. The van der Waals surface area contributed by atoms with Crippen molar-refractivity contribution in [1.82, 2.24) is 0 Å². The van der Waals surface area contributed by atoms with E-state index in [1.54, 1.807) is 0 Å². The molecule has 0 saturated carbocycles. The SMILES string of the molecule is Cc1c(C(=O)S)cccc1C(F)(F)F. The van der Waals surface area contributed by atoms with E-state index in [0.29, 0.717) is 0 Å². The predicted molar refractivity (Wildman–Crippen MR) is 49.5 cm³/mol. The summed E-state index contributed by atoms with van der Waals surface area (Å²) in [6.45, 7) is 1.26. The normalized spacial score (nSPS) is 11.5. The van der Waals surface area contributed by atoms with Crippen LogP contribution in [-0.2, 0) is 6.18 Å². The van der Waals surface area contributed by atoms with Crippen molar-refractivity contribution in [2.24, 2.45) is 0 Å². The van der Waals surface area contributed by atoms with Crippen LogP contribution in [0.1, 0.15) is 21.5 Å². The Morgan fingerprint density at radius 1 is 1.36 bits per heavy atom. The molecule has 0 aromatic heterocycles. The fourth-order valence-electron chi connectivity index (χ4n) is 1.17. The fraction of sp³-hybridized carbons (Fsp3) is 0.222. The Labute approximate surface area is 84.3 Å². The third-order valence-corrected chi connectivity index (χ3v) is 2.11. The Kier molecular flexibility index (Phi) is 2.89. The fourth-order valence-corrected chi connectivity index (χ4v) is 1.42. The Morgan fingerprint density at radius 2 is 1.93 bits per heavy atom. The summed E-state index contributed by atoms with van der Waals surface area (Å²) in [5, 5.41) is -0.659. The summed E-state index contributed by atoms with van der Waals surface area (Å²) >= 11 is 3.49. The molecule has 0 aliphatic heterocycles. The van der Waals surface area contributed by atoms with Crippen molar-refractivity contribution in [3.63, 3.8) is 0 Å². The number of thiol groups is 1. The molecule has 0 aliphatic rings. The summed E-state index contributed by atoms with van der Waals surface area (Å²) in [7, 11) is 0. The van der Waals surface area contributed by atoms with E-state index in [9.17, 15) is 18.0 Å². The van der Waals surface area contributed by atoms with Gasteiger partial charge in [0.1, 0.15) is 0 Å². The molecule has 14 heavy (non-hydrogen) atoms. The molecule has 0 fully saturated rings. The monoisotopic (exact) mass is 220 g/mol. The van der Waals surface area contributed by atoms with E-state index in [1.807, 2.05) is 0 Å². The van der Waals surface area contributed by atoms with Gasteiger partial charge in [-0.1, -0.05) is 12.1 Å². The predicted octanol–water partition coefficient (Wildman–Crippen LogP) is 3.08. The molecule has 0 N–H and O–H groups in total. The first-order valence-corrected chi connectivity index (χ1v) is 4.19. The minimum Gasteiger partial charge on any atom is -0.282 e. The van der Waals surface area contributed by atoms with Gasteiger partial charge in [0.2, 0.25) is 5.12 Å². The number of halogens is 3. The molecular formula is C9H7F3OS. The van der Waals surface area contributed by atoms with Crippen LogP contribution in [0.2, 0.25) is 0 Å². The number of rotatable bonds is 1. The molecule has 5 heteroatoms. The van der Waals surface area contributed by atoms with Gasteiger partial charge in [-0.3, -0.25) is 4.79 Å².